The van der Waals surface area contributed by atoms with Crippen molar-refractivity contribution in [2.24, 2.45) is 0 Å². The summed E-state index contributed by atoms with van der Waals surface area (Å²) in [5.41, 5.74) is 7.01. The van der Waals surface area contributed by atoms with Crippen LogP contribution in [0.4, 0.5) is 0 Å². The highest BCUT2D eigenvalue weighted by Crippen LogP contribution is 2.30. The summed E-state index contributed by atoms with van der Waals surface area (Å²) in [6.07, 6.45) is 12.0. The smallest absolute Gasteiger partial charge is 0.161 e. The first-order chi connectivity index (χ1) is 14.9. The van der Waals surface area contributed by atoms with Crippen molar-refractivity contribution in [1.82, 2.24) is 45.1 Å². The highest BCUT2D eigenvalue weighted by Gasteiger charge is 2.17. The number of H-pyrrole nitrogens is 2. The zero-order valence-electron chi connectivity index (χ0n) is 15.5. The van der Waals surface area contributed by atoms with Crippen LogP contribution in [0, 0.1) is 0 Å². The van der Waals surface area contributed by atoms with Crippen LogP contribution in [0.25, 0.3) is 56.1 Å². The zero-order valence-corrected chi connectivity index (χ0v) is 15.5. The molecule has 0 aliphatic rings. The average Bonchev–Trinajstić information content (AvgIpc) is 3.43. The molecule has 6 heterocycles. The number of aromatic amines is 2. The summed E-state index contributed by atoms with van der Waals surface area (Å²) in [4.78, 5) is 29.9. The summed E-state index contributed by atoms with van der Waals surface area (Å²) < 4.78 is 0. The van der Waals surface area contributed by atoms with Crippen LogP contribution in [-0.4, -0.2) is 45.1 Å². The number of rotatable bonds is 3. The molecular weight excluding hydrogens is 378 g/mol. The molecule has 6 aromatic heterocycles. The topological polar surface area (TPSA) is 122 Å². The molecule has 30 heavy (non-hydrogen) atoms. The first-order valence-electron chi connectivity index (χ1n) is 9.23. The van der Waals surface area contributed by atoms with Crippen molar-refractivity contribution >= 4 is 22.1 Å². The standard InChI is InChI=1S/C21H13N9/c1-2-12(8-22-5-1)13-9-24-11-17-18(13)28-21(27-17)20-19-15(29-30-20)4-3-14(26-19)16-10-23-6-7-25-16/h1-11H,(H,27,28)(H,29,30). The minimum atomic E-state index is 0.609. The molecule has 142 valence electrons. The first-order valence-corrected chi connectivity index (χ1v) is 9.23. The predicted molar refractivity (Wildman–Crippen MR) is 111 cm³/mol. The Hall–Kier alpha value is -4.53. The van der Waals surface area contributed by atoms with Crippen LogP contribution in [0.2, 0.25) is 0 Å². The van der Waals surface area contributed by atoms with Gasteiger partial charge < -0.3 is 4.98 Å². The van der Waals surface area contributed by atoms with Crippen LogP contribution in [0.15, 0.2) is 67.6 Å². The maximum atomic E-state index is 4.81. The fourth-order valence-electron chi connectivity index (χ4n) is 3.42. The number of hydrogen-bond acceptors (Lipinski definition) is 7. The van der Waals surface area contributed by atoms with Gasteiger partial charge in [-0.05, 0) is 18.2 Å². The zero-order chi connectivity index (χ0) is 19.9. The third-order valence-corrected chi connectivity index (χ3v) is 4.82. The Kier molecular flexibility index (Phi) is 3.57. The Balaban J connectivity index is 1.52. The third kappa shape index (κ3) is 2.60. The molecule has 6 rings (SSSR count). The van der Waals surface area contributed by atoms with Gasteiger partial charge in [-0.25, -0.2) is 9.97 Å². The Labute approximate surface area is 169 Å². The molecule has 0 spiro atoms. The molecule has 0 aliphatic carbocycles. The molecule has 0 saturated heterocycles. The molecular formula is C21H13N9. The van der Waals surface area contributed by atoms with E-state index in [0.29, 0.717) is 28.4 Å². The van der Waals surface area contributed by atoms with Crippen molar-refractivity contribution in [1.29, 1.82) is 0 Å². The van der Waals surface area contributed by atoms with E-state index < -0.39 is 0 Å². The highest BCUT2D eigenvalue weighted by atomic mass is 15.2. The molecule has 9 heteroatoms. The maximum Gasteiger partial charge on any atom is 0.161 e. The van der Waals surface area contributed by atoms with Crippen LogP contribution in [-0.2, 0) is 0 Å². The van der Waals surface area contributed by atoms with E-state index in [-0.39, 0.29) is 0 Å². The van der Waals surface area contributed by atoms with Crippen molar-refractivity contribution in [2.75, 3.05) is 0 Å². The maximum absolute atomic E-state index is 4.81. The molecule has 2 N–H and O–H groups in total. The molecule has 0 fully saturated rings. The number of hydrogen-bond donors (Lipinski definition) is 2. The van der Waals surface area contributed by atoms with E-state index in [1.807, 2.05) is 24.3 Å². The second kappa shape index (κ2) is 6.52. The fraction of sp³-hybridized carbons (Fsp3) is 0. The van der Waals surface area contributed by atoms with Gasteiger partial charge in [-0.2, -0.15) is 5.10 Å². The molecule has 0 unspecified atom stereocenters. The SMILES string of the molecule is c1cncc(-c2cncc3[nH]c(-c4n[nH]c5ccc(-c6cnccn6)nc45)nc23)c1. The number of nitrogens with zero attached hydrogens (tertiary/aromatic N) is 7. The van der Waals surface area contributed by atoms with Gasteiger partial charge in [0.2, 0.25) is 0 Å². The van der Waals surface area contributed by atoms with Gasteiger partial charge in [0.05, 0.1) is 29.1 Å². The van der Waals surface area contributed by atoms with Gasteiger partial charge in [-0.15, -0.1) is 0 Å². The lowest BCUT2D eigenvalue weighted by molar-refractivity contribution is 1.10. The lowest BCUT2D eigenvalue weighted by atomic mass is 10.1. The molecule has 0 bridgehead atoms. The number of pyridine rings is 3. The minimum Gasteiger partial charge on any atom is -0.335 e. The minimum absolute atomic E-state index is 0.609. The van der Waals surface area contributed by atoms with E-state index in [1.165, 1.54) is 0 Å². The van der Waals surface area contributed by atoms with Crippen molar-refractivity contribution < 1.29 is 0 Å². The summed E-state index contributed by atoms with van der Waals surface area (Å²) in [6, 6.07) is 7.68. The average molecular weight is 391 g/mol. The van der Waals surface area contributed by atoms with Crippen molar-refractivity contribution in [3.05, 3.63) is 67.6 Å². The second-order valence-corrected chi connectivity index (χ2v) is 6.67. The molecule has 0 aliphatic heterocycles. The monoisotopic (exact) mass is 391 g/mol. The Morgan fingerprint density at radius 3 is 2.53 bits per heavy atom. The van der Waals surface area contributed by atoms with Crippen molar-refractivity contribution in [3.63, 3.8) is 0 Å². The van der Waals surface area contributed by atoms with Gasteiger partial charge in [-0.3, -0.25) is 25.0 Å². The Bertz CT molecular complexity index is 1490. The highest BCUT2D eigenvalue weighted by molar-refractivity contribution is 5.95. The van der Waals surface area contributed by atoms with E-state index >= 15 is 0 Å². The van der Waals surface area contributed by atoms with Gasteiger partial charge >= 0.3 is 0 Å². The largest absolute Gasteiger partial charge is 0.335 e. The fourth-order valence-corrected chi connectivity index (χ4v) is 3.42. The van der Waals surface area contributed by atoms with Crippen LogP contribution < -0.4 is 0 Å². The van der Waals surface area contributed by atoms with E-state index in [0.717, 1.165) is 27.7 Å². The summed E-state index contributed by atoms with van der Waals surface area (Å²) in [6.45, 7) is 0. The van der Waals surface area contributed by atoms with E-state index in [4.69, 9.17) is 9.97 Å². The third-order valence-electron chi connectivity index (χ3n) is 4.82. The summed E-state index contributed by atoms with van der Waals surface area (Å²) in [5.74, 6) is 0.609. The van der Waals surface area contributed by atoms with Gasteiger partial charge in [0.15, 0.2) is 11.5 Å². The molecule has 0 atom stereocenters. The van der Waals surface area contributed by atoms with Gasteiger partial charge in [-0.1, -0.05) is 6.07 Å². The summed E-state index contributed by atoms with van der Waals surface area (Å²) in [5, 5.41) is 7.47. The molecule has 0 radical (unpaired) electrons. The lowest BCUT2D eigenvalue weighted by Crippen LogP contribution is -1.89. The van der Waals surface area contributed by atoms with E-state index in [2.05, 4.69) is 35.1 Å². The molecule has 6 aromatic rings. The van der Waals surface area contributed by atoms with Gasteiger partial charge in [0.25, 0.3) is 0 Å². The van der Waals surface area contributed by atoms with Crippen molar-refractivity contribution in [2.45, 2.75) is 0 Å². The number of nitrogens with one attached hydrogen (secondary N) is 2. The normalized spacial score (nSPS) is 11.3. The van der Waals surface area contributed by atoms with Crippen molar-refractivity contribution in [3.8, 4) is 34.0 Å². The molecule has 9 nitrogen and oxygen atoms in total. The number of imidazole rings is 1. The Morgan fingerprint density at radius 1 is 0.700 bits per heavy atom. The van der Waals surface area contributed by atoms with Gasteiger partial charge in [0.1, 0.15) is 16.7 Å². The summed E-state index contributed by atoms with van der Waals surface area (Å²) in [7, 11) is 0. The van der Waals surface area contributed by atoms with Crippen LogP contribution in [0.5, 0.6) is 0 Å². The quantitative estimate of drug-likeness (QED) is 0.474. The Morgan fingerprint density at radius 2 is 1.67 bits per heavy atom. The van der Waals surface area contributed by atoms with Crippen LogP contribution >= 0.6 is 0 Å². The van der Waals surface area contributed by atoms with Crippen LogP contribution in [0.1, 0.15) is 0 Å². The van der Waals surface area contributed by atoms with Crippen LogP contribution in [0.3, 0.4) is 0 Å². The van der Waals surface area contributed by atoms with Gasteiger partial charge in [0, 0.05) is 42.1 Å². The molecule has 0 amide bonds. The van der Waals surface area contributed by atoms with E-state index in [1.54, 1.807) is 43.4 Å². The number of aromatic nitrogens is 9. The second-order valence-electron chi connectivity index (χ2n) is 6.67. The lowest BCUT2D eigenvalue weighted by Gasteiger charge is -2.00. The number of fused-ring (bicyclic) bond motifs is 2. The molecule has 0 aromatic carbocycles. The predicted octanol–water partition coefficient (Wildman–Crippen LogP) is 3.42. The first kappa shape index (κ1) is 16.4. The summed E-state index contributed by atoms with van der Waals surface area (Å²) >= 11 is 0. The molecule has 0 saturated carbocycles. The van der Waals surface area contributed by atoms with E-state index in [9.17, 15) is 0 Å².